The Morgan fingerprint density at radius 2 is 1.87 bits per heavy atom. The van der Waals surface area contributed by atoms with E-state index in [1.54, 1.807) is 47.6 Å². The summed E-state index contributed by atoms with van der Waals surface area (Å²) in [6.07, 6.45) is 6.34. The van der Waals surface area contributed by atoms with Gasteiger partial charge in [-0.05, 0) is 56.2 Å². The molecule has 2 fully saturated rings. The zero-order chi connectivity index (χ0) is 21.8. The lowest BCUT2D eigenvalue weighted by Crippen LogP contribution is -2.47. The van der Waals surface area contributed by atoms with Crippen molar-refractivity contribution in [2.45, 2.75) is 58.0 Å². The first-order valence-corrected chi connectivity index (χ1v) is 11.0. The van der Waals surface area contributed by atoms with Crippen molar-refractivity contribution in [2.24, 2.45) is 5.92 Å². The highest BCUT2D eigenvalue weighted by Crippen LogP contribution is 2.32. The lowest BCUT2D eigenvalue weighted by molar-refractivity contribution is -0.143. The summed E-state index contributed by atoms with van der Waals surface area (Å²) in [6.45, 7) is 2.61. The fourth-order valence-electron chi connectivity index (χ4n) is 4.48. The number of nitrogens with zero attached hydrogens (tertiary/aromatic N) is 2. The van der Waals surface area contributed by atoms with Gasteiger partial charge in [0.1, 0.15) is 17.6 Å². The summed E-state index contributed by atoms with van der Waals surface area (Å²) in [6, 6.07) is 9.59. The van der Waals surface area contributed by atoms with E-state index in [-0.39, 0.29) is 36.6 Å². The summed E-state index contributed by atoms with van der Waals surface area (Å²) < 4.78 is 10.9. The van der Waals surface area contributed by atoms with Crippen LogP contribution in [0.5, 0.6) is 5.75 Å². The number of imide groups is 1. The van der Waals surface area contributed by atoms with E-state index in [9.17, 15) is 14.4 Å². The van der Waals surface area contributed by atoms with Crippen LogP contribution in [-0.4, -0.2) is 35.3 Å². The Morgan fingerprint density at radius 1 is 1.13 bits per heavy atom. The van der Waals surface area contributed by atoms with Crippen LogP contribution in [0.1, 0.15) is 51.2 Å². The van der Waals surface area contributed by atoms with E-state index < -0.39 is 6.04 Å². The molecule has 1 aromatic heterocycles. The summed E-state index contributed by atoms with van der Waals surface area (Å²) in [5, 5.41) is 0. The van der Waals surface area contributed by atoms with Crippen LogP contribution in [-0.2, 0) is 20.9 Å². The number of ether oxygens (including phenoxy) is 1. The van der Waals surface area contributed by atoms with Crippen molar-refractivity contribution in [1.29, 1.82) is 0 Å². The molecule has 31 heavy (non-hydrogen) atoms. The zero-order valence-corrected chi connectivity index (χ0v) is 17.8. The summed E-state index contributed by atoms with van der Waals surface area (Å²) in [7, 11) is 0. The number of carbonyl (C=O) groups excluding carboxylic acids is 3. The predicted octanol–water partition coefficient (Wildman–Crippen LogP) is 3.92. The Labute approximate surface area is 181 Å². The minimum absolute atomic E-state index is 0.0226. The molecule has 1 aliphatic heterocycles. The molecule has 0 spiro atoms. The molecule has 4 rings (SSSR count). The van der Waals surface area contributed by atoms with Crippen LogP contribution in [0.3, 0.4) is 0 Å². The molecular formula is C24H28N2O5. The van der Waals surface area contributed by atoms with E-state index in [4.69, 9.17) is 9.15 Å². The molecule has 164 valence electrons. The van der Waals surface area contributed by atoms with Crippen LogP contribution in [0.25, 0.3) is 0 Å². The van der Waals surface area contributed by atoms with Crippen LogP contribution in [0.2, 0.25) is 0 Å². The number of anilines is 1. The van der Waals surface area contributed by atoms with Crippen LogP contribution in [0.4, 0.5) is 5.69 Å². The summed E-state index contributed by atoms with van der Waals surface area (Å²) in [4.78, 5) is 42.3. The Morgan fingerprint density at radius 3 is 2.52 bits per heavy atom. The van der Waals surface area contributed by atoms with E-state index in [1.165, 1.54) is 4.90 Å². The van der Waals surface area contributed by atoms with Gasteiger partial charge in [0.2, 0.25) is 11.8 Å². The number of rotatable bonds is 7. The van der Waals surface area contributed by atoms with E-state index in [2.05, 4.69) is 0 Å². The standard InChI is InChI=1S/C24H28N2O5/c1-2-30-19-12-10-18(11-13-19)26-22(27)15-21(24(26)29)25(16-20-9-6-14-31-20)23(28)17-7-4-3-5-8-17/h6,9-14,17,21H,2-5,7-8,15-16H2,1H3. The monoisotopic (exact) mass is 424 g/mol. The largest absolute Gasteiger partial charge is 0.494 e. The van der Waals surface area contributed by atoms with Crippen LogP contribution >= 0.6 is 0 Å². The van der Waals surface area contributed by atoms with E-state index in [0.29, 0.717) is 23.8 Å². The predicted molar refractivity (Wildman–Crippen MR) is 114 cm³/mol. The van der Waals surface area contributed by atoms with Gasteiger partial charge in [-0.25, -0.2) is 4.90 Å². The molecule has 1 saturated heterocycles. The molecule has 3 amide bonds. The van der Waals surface area contributed by atoms with E-state index >= 15 is 0 Å². The smallest absolute Gasteiger partial charge is 0.257 e. The fraction of sp³-hybridized carbons (Fsp3) is 0.458. The van der Waals surface area contributed by atoms with Gasteiger partial charge in [0.05, 0.1) is 31.5 Å². The second-order valence-corrected chi connectivity index (χ2v) is 8.09. The molecule has 2 aliphatic rings. The van der Waals surface area contributed by atoms with Crippen molar-refractivity contribution in [3.05, 3.63) is 48.4 Å². The van der Waals surface area contributed by atoms with Gasteiger partial charge in [-0.1, -0.05) is 19.3 Å². The minimum atomic E-state index is -0.821. The minimum Gasteiger partial charge on any atom is -0.494 e. The average Bonchev–Trinajstić information content (AvgIpc) is 3.41. The molecule has 1 aliphatic carbocycles. The Kier molecular flexibility index (Phi) is 6.39. The number of amides is 3. The molecule has 0 bridgehead atoms. The quantitative estimate of drug-likeness (QED) is 0.630. The summed E-state index contributed by atoms with van der Waals surface area (Å²) in [5.74, 6) is 0.435. The second-order valence-electron chi connectivity index (χ2n) is 8.09. The van der Waals surface area contributed by atoms with Gasteiger partial charge < -0.3 is 14.1 Å². The molecule has 2 heterocycles. The summed E-state index contributed by atoms with van der Waals surface area (Å²) in [5.41, 5.74) is 0.490. The maximum atomic E-state index is 13.4. The van der Waals surface area contributed by atoms with Gasteiger partial charge in [-0.3, -0.25) is 14.4 Å². The van der Waals surface area contributed by atoms with Crippen molar-refractivity contribution in [1.82, 2.24) is 4.90 Å². The van der Waals surface area contributed by atoms with Gasteiger partial charge in [0.25, 0.3) is 5.91 Å². The number of hydrogen-bond donors (Lipinski definition) is 0. The number of benzene rings is 1. The van der Waals surface area contributed by atoms with Crippen LogP contribution in [0, 0.1) is 5.92 Å². The molecule has 0 N–H and O–H groups in total. The molecule has 1 aromatic carbocycles. The Bertz CT molecular complexity index is 916. The number of hydrogen-bond acceptors (Lipinski definition) is 5. The van der Waals surface area contributed by atoms with Crippen molar-refractivity contribution < 1.29 is 23.5 Å². The third-order valence-corrected chi connectivity index (χ3v) is 6.05. The summed E-state index contributed by atoms with van der Waals surface area (Å²) >= 11 is 0. The lowest BCUT2D eigenvalue weighted by Gasteiger charge is -2.32. The third kappa shape index (κ3) is 4.50. The van der Waals surface area contributed by atoms with Crippen molar-refractivity contribution in [2.75, 3.05) is 11.5 Å². The second kappa shape index (κ2) is 9.37. The Balaban J connectivity index is 1.58. The van der Waals surface area contributed by atoms with Gasteiger partial charge >= 0.3 is 0 Å². The molecule has 2 aromatic rings. The molecule has 1 unspecified atom stereocenters. The SMILES string of the molecule is CCOc1ccc(N2C(=O)CC(N(Cc3ccco3)C(=O)C3CCCCC3)C2=O)cc1. The molecular weight excluding hydrogens is 396 g/mol. The maximum Gasteiger partial charge on any atom is 0.257 e. The molecule has 1 saturated carbocycles. The highest BCUT2D eigenvalue weighted by Gasteiger charge is 2.45. The van der Waals surface area contributed by atoms with Gasteiger partial charge in [-0.2, -0.15) is 0 Å². The fourth-order valence-corrected chi connectivity index (χ4v) is 4.48. The molecule has 7 nitrogen and oxygen atoms in total. The van der Waals surface area contributed by atoms with Crippen molar-refractivity contribution in [3.8, 4) is 5.75 Å². The zero-order valence-electron chi connectivity index (χ0n) is 17.8. The molecule has 0 radical (unpaired) electrons. The van der Waals surface area contributed by atoms with Crippen molar-refractivity contribution >= 4 is 23.4 Å². The number of carbonyl (C=O) groups is 3. The first kappa shape index (κ1) is 21.2. The van der Waals surface area contributed by atoms with E-state index in [1.807, 2.05) is 6.92 Å². The number of furan rings is 1. The lowest BCUT2D eigenvalue weighted by atomic mass is 9.88. The van der Waals surface area contributed by atoms with Crippen molar-refractivity contribution in [3.63, 3.8) is 0 Å². The van der Waals surface area contributed by atoms with Gasteiger partial charge in [-0.15, -0.1) is 0 Å². The topological polar surface area (TPSA) is 80.1 Å². The van der Waals surface area contributed by atoms with E-state index in [0.717, 1.165) is 32.1 Å². The first-order valence-electron chi connectivity index (χ1n) is 11.0. The Hall–Kier alpha value is -3.09. The third-order valence-electron chi connectivity index (χ3n) is 6.05. The highest BCUT2D eigenvalue weighted by molar-refractivity contribution is 6.23. The van der Waals surface area contributed by atoms with Gasteiger partial charge in [0.15, 0.2) is 0 Å². The molecule has 7 heteroatoms. The van der Waals surface area contributed by atoms with Crippen LogP contribution in [0.15, 0.2) is 47.1 Å². The maximum absolute atomic E-state index is 13.4. The molecule has 1 atom stereocenters. The first-order chi connectivity index (χ1) is 15.1. The normalized spacial score (nSPS) is 19.6. The van der Waals surface area contributed by atoms with Crippen LogP contribution < -0.4 is 9.64 Å². The van der Waals surface area contributed by atoms with Gasteiger partial charge in [0, 0.05) is 5.92 Å². The average molecular weight is 424 g/mol. The highest BCUT2D eigenvalue weighted by atomic mass is 16.5.